The van der Waals surface area contributed by atoms with E-state index in [1.54, 1.807) is 12.1 Å². The molecule has 4 rings (SSSR count). The molecule has 0 unspecified atom stereocenters. The number of aryl methyl sites for hydroxylation is 1. The molecule has 26 heavy (non-hydrogen) atoms. The Balaban J connectivity index is 1.35. The van der Waals surface area contributed by atoms with Gasteiger partial charge >= 0.3 is 0 Å². The third-order valence-corrected chi connectivity index (χ3v) is 5.43. The van der Waals surface area contributed by atoms with E-state index in [1.165, 1.54) is 12.1 Å². The van der Waals surface area contributed by atoms with Crippen LogP contribution in [0, 0.1) is 5.82 Å². The standard InChI is InChI=1S/C21H22FN3O/c22-17-9-7-16(8-10-17)21(11-3-12-21)20(26)23-13-4-14-25-15-24-18-5-1-2-6-19(18)25/h1-2,5-10,15H,3-4,11-14H2,(H,23,26). The molecule has 1 heterocycles. The summed E-state index contributed by atoms with van der Waals surface area (Å²) in [4.78, 5) is 17.2. The molecule has 0 radical (unpaired) electrons. The molecule has 1 N–H and O–H groups in total. The molecule has 3 aromatic rings. The number of para-hydroxylation sites is 2. The monoisotopic (exact) mass is 351 g/mol. The van der Waals surface area contributed by atoms with Gasteiger partial charge in [-0.25, -0.2) is 9.37 Å². The van der Waals surface area contributed by atoms with Crippen molar-refractivity contribution < 1.29 is 9.18 Å². The molecule has 134 valence electrons. The lowest BCUT2D eigenvalue weighted by Gasteiger charge is -2.40. The van der Waals surface area contributed by atoms with Crippen molar-refractivity contribution in [3.63, 3.8) is 0 Å². The van der Waals surface area contributed by atoms with Gasteiger partial charge in [0.1, 0.15) is 5.82 Å². The summed E-state index contributed by atoms with van der Waals surface area (Å²) in [6.45, 7) is 1.43. The Hall–Kier alpha value is -2.69. The number of halogens is 1. The number of hydrogen-bond acceptors (Lipinski definition) is 2. The Morgan fingerprint density at radius 1 is 1.15 bits per heavy atom. The molecule has 5 heteroatoms. The molecule has 1 fully saturated rings. The van der Waals surface area contributed by atoms with Crippen molar-refractivity contribution in [1.29, 1.82) is 0 Å². The molecule has 1 saturated carbocycles. The van der Waals surface area contributed by atoms with Crippen LogP contribution in [-0.4, -0.2) is 22.0 Å². The zero-order valence-electron chi connectivity index (χ0n) is 14.6. The van der Waals surface area contributed by atoms with E-state index in [1.807, 2.05) is 24.5 Å². The van der Waals surface area contributed by atoms with Gasteiger partial charge in [0.2, 0.25) is 5.91 Å². The third kappa shape index (κ3) is 2.98. The molecule has 1 aliphatic rings. The van der Waals surface area contributed by atoms with Gasteiger partial charge in [0.15, 0.2) is 0 Å². The summed E-state index contributed by atoms with van der Waals surface area (Å²) in [5, 5.41) is 3.08. The van der Waals surface area contributed by atoms with Gasteiger partial charge in [0.25, 0.3) is 0 Å². The SMILES string of the molecule is O=C(NCCCn1cnc2ccccc21)C1(c2ccc(F)cc2)CCC1. The number of amides is 1. The van der Waals surface area contributed by atoms with E-state index < -0.39 is 5.41 Å². The van der Waals surface area contributed by atoms with Crippen LogP contribution in [0.2, 0.25) is 0 Å². The normalized spacial score (nSPS) is 15.6. The van der Waals surface area contributed by atoms with Crippen LogP contribution in [-0.2, 0) is 16.8 Å². The minimum atomic E-state index is -0.477. The van der Waals surface area contributed by atoms with Gasteiger partial charge in [-0.3, -0.25) is 4.79 Å². The number of rotatable bonds is 6. The van der Waals surface area contributed by atoms with E-state index in [0.29, 0.717) is 6.54 Å². The van der Waals surface area contributed by atoms with E-state index in [-0.39, 0.29) is 11.7 Å². The molecule has 1 aliphatic carbocycles. The van der Waals surface area contributed by atoms with Crippen molar-refractivity contribution in [2.45, 2.75) is 37.6 Å². The lowest BCUT2D eigenvalue weighted by molar-refractivity contribution is -0.129. The largest absolute Gasteiger partial charge is 0.355 e. The summed E-state index contributed by atoms with van der Waals surface area (Å²) >= 11 is 0. The number of carbonyl (C=O) groups excluding carboxylic acids is 1. The zero-order chi connectivity index (χ0) is 18.0. The van der Waals surface area contributed by atoms with Crippen LogP contribution in [0.4, 0.5) is 4.39 Å². The first-order chi connectivity index (χ1) is 12.7. The second kappa shape index (κ2) is 6.90. The maximum atomic E-state index is 13.2. The van der Waals surface area contributed by atoms with Crippen molar-refractivity contribution >= 4 is 16.9 Å². The molecule has 0 atom stereocenters. The highest BCUT2D eigenvalue weighted by molar-refractivity contribution is 5.89. The summed E-state index contributed by atoms with van der Waals surface area (Å²) in [7, 11) is 0. The number of nitrogens with zero attached hydrogens (tertiary/aromatic N) is 2. The van der Waals surface area contributed by atoms with E-state index in [4.69, 9.17) is 0 Å². The highest BCUT2D eigenvalue weighted by Gasteiger charge is 2.45. The maximum Gasteiger partial charge on any atom is 0.230 e. The summed E-state index contributed by atoms with van der Waals surface area (Å²) in [5.41, 5.74) is 2.54. The van der Waals surface area contributed by atoms with Crippen LogP contribution >= 0.6 is 0 Å². The summed E-state index contributed by atoms with van der Waals surface area (Å²) in [6.07, 6.45) is 5.38. The number of nitrogens with one attached hydrogen (secondary N) is 1. The number of aromatic nitrogens is 2. The first-order valence-electron chi connectivity index (χ1n) is 9.13. The van der Waals surface area contributed by atoms with E-state index >= 15 is 0 Å². The fraction of sp³-hybridized carbons (Fsp3) is 0.333. The van der Waals surface area contributed by atoms with Gasteiger partial charge in [0.05, 0.1) is 22.8 Å². The van der Waals surface area contributed by atoms with E-state index in [0.717, 1.165) is 48.8 Å². The van der Waals surface area contributed by atoms with Crippen molar-refractivity contribution in [3.8, 4) is 0 Å². The van der Waals surface area contributed by atoms with Gasteiger partial charge in [-0.2, -0.15) is 0 Å². The molecule has 1 amide bonds. The highest BCUT2D eigenvalue weighted by atomic mass is 19.1. The zero-order valence-corrected chi connectivity index (χ0v) is 14.6. The predicted octanol–water partition coefficient (Wildman–Crippen LogP) is 3.80. The Morgan fingerprint density at radius 2 is 1.92 bits per heavy atom. The summed E-state index contributed by atoms with van der Waals surface area (Å²) in [5.74, 6) is -0.206. The predicted molar refractivity (Wildman–Crippen MR) is 99.3 cm³/mol. The highest BCUT2D eigenvalue weighted by Crippen LogP contribution is 2.43. The topological polar surface area (TPSA) is 46.9 Å². The Kier molecular flexibility index (Phi) is 4.45. The van der Waals surface area contributed by atoms with E-state index in [2.05, 4.69) is 20.9 Å². The molecule has 0 spiro atoms. The van der Waals surface area contributed by atoms with Crippen LogP contribution in [0.25, 0.3) is 11.0 Å². The molecular weight excluding hydrogens is 329 g/mol. The third-order valence-electron chi connectivity index (χ3n) is 5.43. The van der Waals surface area contributed by atoms with Gasteiger partial charge in [-0.15, -0.1) is 0 Å². The lowest BCUT2D eigenvalue weighted by atomic mass is 9.64. The van der Waals surface area contributed by atoms with Crippen molar-refractivity contribution in [3.05, 3.63) is 66.2 Å². The minimum absolute atomic E-state index is 0.0610. The summed E-state index contributed by atoms with van der Waals surface area (Å²) in [6, 6.07) is 14.4. The number of benzene rings is 2. The van der Waals surface area contributed by atoms with Crippen molar-refractivity contribution in [2.24, 2.45) is 0 Å². The molecular formula is C21H22FN3O. The second-order valence-electron chi connectivity index (χ2n) is 6.98. The Labute approximate surface area is 152 Å². The van der Waals surface area contributed by atoms with Gasteiger partial charge in [0, 0.05) is 13.1 Å². The number of imidazole rings is 1. The van der Waals surface area contributed by atoms with Crippen LogP contribution < -0.4 is 5.32 Å². The summed E-state index contributed by atoms with van der Waals surface area (Å²) < 4.78 is 15.3. The fourth-order valence-corrected chi connectivity index (χ4v) is 3.76. The Bertz CT molecular complexity index is 912. The smallest absolute Gasteiger partial charge is 0.230 e. The molecule has 4 nitrogen and oxygen atoms in total. The van der Waals surface area contributed by atoms with Crippen LogP contribution in [0.1, 0.15) is 31.2 Å². The van der Waals surface area contributed by atoms with Crippen molar-refractivity contribution in [2.75, 3.05) is 6.54 Å². The van der Waals surface area contributed by atoms with Crippen LogP contribution in [0.3, 0.4) is 0 Å². The first kappa shape index (κ1) is 16.8. The van der Waals surface area contributed by atoms with Gasteiger partial charge in [-0.05, 0) is 49.1 Å². The van der Waals surface area contributed by atoms with Crippen LogP contribution in [0.5, 0.6) is 0 Å². The molecule has 0 bridgehead atoms. The first-order valence-corrected chi connectivity index (χ1v) is 9.13. The molecule has 1 aromatic heterocycles. The van der Waals surface area contributed by atoms with E-state index in [9.17, 15) is 9.18 Å². The number of hydrogen-bond donors (Lipinski definition) is 1. The minimum Gasteiger partial charge on any atom is -0.355 e. The maximum absolute atomic E-state index is 13.2. The average molecular weight is 351 g/mol. The molecule has 0 aliphatic heterocycles. The van der Waals surface area contributed by atoms with Gasteiger partial charge < -0.3 is 9.88 Å². The van der Waals surface area contributed by atoms with Crippen molar-refractivity contribution in [1.82, 2.24) is 14.9 Å². The number of fused-ring (bicyclic) bond motifs is 1. The number of carbonyl (C=O) groups is 1. The molecule has 2 aromatic carbocycles. The average Bonchev–Trinajstić information content (AvgIpc) is 3.03. The quantitative estimate of drug-likeness (QED) is 0.687. The second-order valence-corrected chi connectivity index (χ2v) is 6.98. The Morgan fingerprint density at radius 3 is 2.65 bits per heavy atom. The fourth-order valence-electron chi connectivity index (χ4n) is 3.76. The van der Waals surface area contributed by atoms with Gasteiger partial charge in [-0.1, -0.05) is 30.7 Å². The lowest BCUT2D eigenvalue weighted by Crippen LogP contribution is -2.49. The molecule has 0 saturated heterocycles. The van der Waals surface area contributed by atoms with Crippen LogP contribution in [0.15, 0.2) is 54.9 Å².